The summed E-state index contributed by atoms with van der Waals surface area (Å²) in [6.07, 6.45) is -0.339. The fraction of sp³-hybridized carbons (Fsp3) is 0.0196. The van der Waals surface area contributed by atoms with Gasteiger partial charge in [0.1, 0.15) is 17.6 Å². The number of aliphatic imine (C=N–C) groups is 2. The molecule has 9 aromatic carbocycles. The van der Waals surface area contributed by atoms with E-state index in [1.54, 1.807) is 0 Å². The van der Waals surface area contributed by atoms with Gasteiger partial charge in [-0.3, -0.25) is 0 Å². The largest absolute Gasteiger partial charge is 0.453 e. The average molecular weight is 717 g/mol. The molecule has 5 nitrogen and oxygen atoms in total. The molecule has 0 saturated heterocycles. The van der Waals surface area contributed by atoms with Crippen LogP contribution in [0.3, 0.4) is 0 Å². The van der Waals surface area contributed by atoms with Gasteiger partial charge in [-0.1, -0.05) is 140 Å². The van der Waals surface area contributed by atoms with Gasteiger partial charge in [0, 0.05) is 38.1 Å². The predicted octanol–water partition coefficient (Wildman–Crippen LogP) is 12.6. The topological polar surface area (TPSA) is 54.8 Å². The second-order valence-electron chi connectivity index (χ2n) is 14.6. The molecule has 1 N–H and O–H groups in total. The summed E-state index contributed by atoms with van der Waals surface area (Å²) in [4.78, 5) is 10.7. The van der Waals surface area contributed by atoms with E-state index < -0.39 is 0 Å². The zero-order chi connectivity index (χ0) is 36.7. The minimum absolute atomic E-state index is 0.339. The van der Waals surface area contributed by atoms with E-state index in [-0.39, 0.29) is 6.17 Å². The maximum Gasteiger partial charge on any atom is 0.159 e. The Kier molecular flexibility index (Phi) is 6.63. The number of amidine groups is 2. The second-order valence-corrected chi connectivity index (χ2v) is 14.6. The zero-order valence-corrected chi connectivity index (χ0v) is 30.1. The van der Waals surface area contributed by atoms with E-state index in [1.807, 2.05) is 6.07 Å². The van der Waals surface area contributed by atoms with Gasteiger partial charge in [0.25, 0.3) is 0 Å². The minimum atomic E-state index is -0.339. The van der Waals surface area contributed by atoms with Crippen molar-refractivity contribution < 1.29 is 4.42 Å². The lowest BCUT2D eigenvalue weighted by Crippen LogP contribution is -2.33. The molecule has 0 spiro atoms. The van der Waals surface area contributed by atoms with Crippen molar-refractivity contribution in [2.24, 2.45) is 9.98 Å². The first-order valence-electron chi connectivity index (χ1n) is 19.0. The van der Waals surface area contributed by atoms with Crippen molar-refractivity contribution in [3.8, 4) is 5.69 Å². The predicted molar refractivity (Wildman–Crippen MR) is 232 cm³/mol. The van der Waals surface area contributed by atoms with Crippen molar-refractivity contribution in [1.29, 1.82) is 0 Å². The van der Waals surface area contributed by atoms with Crippen LogP contribution in [0.25, 0.3) is 81.7 Å². The number of hydrogen-bond acceptors (Lipinski definition) is 4. The molecule has 11 aromatic rings. The third-order valence-corrected chi connectivity index (χ3v) is 11.4. The highest BCUT2D eigenvalue weighted by Crippen LogP contribution is 2.42. The molecule has 0 aliphatic carbocycles. The van der Waals surface area contributed by atoms with Crippen LogP contribution in [-0.4, -0.2) is 16.2 Å². The first-order valence-corrected chi connectivity index (χ1v) is 19.0. The third-order valence-electron chi connectivity index (χ3n) is 11.4. The number of nitrogens with zero attached hydrogens (tertiary/aromatic N) is 3. The first kappa shape index (κ1) is 30.9. The molecule has 12 rings (SSSR count). The molecule has 1 aliphatic rings. The standard InChI is InChI=1S/C51H32N4O/c1-2-14-33(15-3-1)49-52-50(37-23-22-31-12-4-5-16-34(31)26-37)54-51(53-49)38-28-43-41-25-24-32-13-8-9-19-39(32)47(41)56-48(43)46(30-38)55-44-21-11-10-20-40(44)42-27-35-17-6-7-18-36(35)29-45(42)55/h1-30,49H,(H,52,53,54). The maximum atomic E-state index is 7.06. The van der Waals surface area contributed by atoms with Gasteiger partial charge in [0.15, 0.2) is 11.4 Å². The molecule has 262 valence electrons. The number of aromatic nitrogens is 1. The number of hydrogen-bond donors (Lipinski definition) is 1. The molecule has 0 radical (unpaired) electrons. The van der Waals surface area contributed by atoms with Crippen LogP contribution in [0.5, 0.6) is 0 Å². The van der Waals surface area contributed by atoms with E-state index in [4.69, 9.17) is 14.4 Å². The molecule has 1 unspecified atom stereocenters. The number of nitrogens with one attached hydrogen (secondary N) is 1. The normalized spacial score (nSPS) is 14.6. The van der Waals surface area contributed by atoms with E-state index in [2.05, 4.69) is 186 Å². The van der Waals surface area contributed by atoms with Crippen molar-refractivity contribution in [3.05, 3.63) is 199 Å². The lowest BCUT2D eigenvalue weighted by Gasteiger charge is -2.24. The Hall–Kier alpha value is -7.50. The van der Waals surface area contributed by atoms with Crippen LogP contribution in [0.4, 0.5) is 0 Å². The third kappa shape index (κ3) is 4.74. The Bertz CT molecular complexity index is 3460. The molecule has 2 aromatic heterocycles. The van der Waals surface area contributed by atoms with Crippen LogP contribution in [0.15, 0.2) is 196 Å². The molecule has 56 heavy (non-hydrogen) atoms. The summed E-state index contributed by atoms with van der Waals surface area (Å²) < 4.78 is 9.43. The van der Waals surface area contributed by atoms with Crippen LogP contribution in [0, 0.1) is 0 Å². The van der Waals surface area contributed by atoms with Crippen LogP contribution in [0.2, 0.25) is 0 Å². The SMILES string of the molecule is c1ccc(C2N=C(c3cc(-n4c5ccccc5c5cc6ccccc6cc54)c4oc5c6ccccc6ccc5c4c3)N=C(c3ccc4ccccc4c3)N2)cc1. The Morgan fingerprint density at radius 3 is 1.96 bits per heavy atom. The van der Waals surface area contributed by atoms with Gasteiger partial charge >= 0.3 is 0 Å². The second kappa shape index (κ2) is 12.0. The van der Waals surface area contributed by atoms with Crippen LogP contribution in [-0.2, 0) is 0 Å². The first-order chi connectivity index (χ1) is 27.7. The van der Waals surface area contributed by atoms with Crippen LogP contribution in [0.1, 0.15) is 22.9 Å². The zero-order valence-electron chi connectivity index (χ0n) is 30.1. The Morgan fingerprint density at radius 1 is 0.446 bits per heavy atom. The summed E-state index contributed by atoms with van der Waals surface area (Å²) in [5.41, 5.74) is 7.85. The van der Waals surface area contributed by atoms with Crippen molar-refractivity contribution in [2.75, 3.05) is 0 Å². The smallest absolute Gasteiger partial charge is 0.159 e. The number of furan rings is 1. The fourth-order valence-corrected chi connectivity index (χ4v) is 8.67. The van der Waals surface area contributed by atoms with E-state index >= 15 is 0 Å². The van der Waals surface area contributed by atoms with Crippen molar-refractivity contribution in [2.45, 2.75) is 6.17 Å². The highest BCUT2D eigenvalue weighted by atomic mass is 16.3. The number of fused-ring (bicyclic) bond motifs is 10. The minimum Gasteiger partial charge on any atom is -0.453 e. The lowest BCUT2D eigenvalue weighted by molar-refractivity contribution is 0.669. The highest BCUT2D eigenvalue weighted by Gasteiger charge is 2.25. The number of benzene rings is 9. The molecule has 5 heteroatoms. The van der Waals surface area contributed by atoms with E-state index in [1.165, 1.54) is 26.9 Å². The lowest BCUT2D eigenvalue weighted by atomic mass is 10.0. The van der Waals surface area contributed by atoms with Crippen LogP contribution >= 0.6 is 0 Å². The van der Waals surface area contributed by atoms with Gasteiger partial charge in [-0.25, -0.2) is 9.98 Å². The number of rotatable bonds is 4. The number of para-hydroxylation sites is 1. The van der Waals surface area contributed by atoms with E-state index in [0.717, 1.165) is 77.3 Å². The monoisotopic (exact) mass is 716 g/mol. The molecule has 0 fully saturated rings. The molecule has 0 saturated carbocycles. The van der Waals surface area contributed by atoms with Gasteiger partial charge in [0.2, 0.25) is 0 Å². The van der Waals surface area contributed by atoms with Gasteiger partial charge in [-0.05, 0) is 75.0 Å². The molecule has 1 atom stereocenters. The Morgan fingerprint density at radius 2 is 1.12 bits per heavy atom. The molecular weight excluding hydrogens is 685 g/mol. The quantitative estimate of drug-likeness (QED) is 0.197. The van der Waals surface area contributed by atoms with E-state index in [9.17, 15) is 0 Å². The fourth-order valence-electron chi connectivity index (χ4n) is 8.67. The van der Waals surface area contributed by atoms with Crippen molar-refractivity contribution >= 4 is 87.7 Å². The molecule has 1 aliphatic heterocycles. The molecular formula is C51H32N4O. The Labute approximate surface area is 321 Å². The van der Waals surface area contributed by atoms with Gasteiger partial charge in [0.05, 0.1) is 16.7 Å². The van der Waals surface area contributed by atoms with Gasteiger partial charge in [-0.2, -0.15) is 0 Å². The van der Waals surface area contributed by atoms with Gasteiger partial charge in [-0.15, -0.1) is 0 Å². The summed E-state index contributed by atoms with van der Waals surface area (Å²) in [7, 11) is 0. The maximum absolute atomic E-state index is 7.06. The Balaban J connectivity index is 1.17. The highest BCUT2D eigenvalue weighted by molar-refractivity contribution is 6.21. The summed E-state index contributed by atoms with van der Waals surface area (Å²) in [6, 6.07) is 64.5. The van der Waals surface area contributed by atoms with Gasteiger partial charge < -0.3 is 14.3 Å². The van der Waals surface area contributed by atoms with E-state index in [0.29, 0.717) is 5.84 Å². The summed E-state index contributed by atoms with van der Waals surface area (Å²) in [6.45, 7) is 0. The molecule has 0 amide bonds. The molecule has 0 bridgehead atoms. The van der Waals surface area contributed by atoms with Crippen molar-refractivity contribution in [3.63, 3.8) is 0 Å². The average Bonchev–Trinajstić information content (AvgIpc) is 3.81. The molecule has 3 heterocycles. The summed E-state index contributed by atoms with van der Waals surface area (Å²) in [5.74, 6) is 1.44. The van der Waals surface area contributed by atoms with Crippen LogP contribution < -0.4 is 5.32 Å². The summed E-state index contributed by atoms with van der Waals surface area (Å²) in [5, 5.41) is 15.1. The summed E-state index contributed by atoms with van der Waals surface area (Å²) >= 11 is 0. The van der Waals surface area contributed by atoms with Crippen molar-refractivity contribution in [1.82, 2.24) is 9.88 Å².